The van der Waals surface area contributed by atoms with E-state index in [0.717, 1.165) is 6.67 Å². The SMILES string of the molecule is CCCCCCN1C=CN(CCCCCC)C1.Cl. The van der Waals surface area contributed by atoms with E-state index in [-0.39, 0.29) is 12.4 Å². The first kappa shape index (κ1) is 17.6. The lowest BCUT2D eigenvalue weighted by molar-refractivity contribution is 0.257. The van der Waals surface area contributed by atoms with E-state index in [1.54, 1.807) is 0 Å². The molecule has 0 aliphatic carbocycles. The Hall–Kier alpha value is -0.370. The maximum Gasteiger partial charge on any atom is 0.0893 e. The normalized spacial score (nSPS) is 14.1. The van der Waals surface area contributed by atoms with Crippen molar-refractivity contribution in [2.45, 2.75) is 65.2 Å². The summed E-state index contributed by atoms with van der Waals surface area (Å²) < 4.78 is 0. The number of hydrogen-bond acceptors (Lipinski definition) is 2. The molecule has 0 fully saturated rings. The molecule has 3 heteroatoms. The van der Waals surface area contributed by atoms with E-state index in [4.69, 9.17) is 0 Å². The molecule has 1 heterocycles. The average molecular weight is 275 g/mol. The van der Waals surface area contributed by atoms with Gasteiger partial charge in [-0.3, -0.25) is 0 Å². The van der Waals surface area contributed by atoms with Crippen LogP contribution in [0.1, 0.15) is 65.2 Å². The van der Waals surface area contributed by atoms with E-state index in [0.29, 0.717) is 0 Å². The summed E-state index contributed by atoms with van der Waals surface area (Å²) in [6, 6.07) is 0. The van der Waals surface area contributed by atoms with Gasteiger partial charge in [-0.1, -0.05) is 52.4 Å². The molecule has 0 aromatic rings. The van der Waals surface area contributed by atoms with Crippen molar-refractivity contribution in [3.63, 3.8) is 0 Å². The van der Waals surface area contributed by atoms with Crippen LogP contribution >= 0.6 is 12.4 Å². The van der Waals surface area contributed by atoms with Crippen LogP contribution < -0.4 is 0 Å². The van der Waals surface area contributed by atoms with Crippen LogP contribution in [-0.2, 0) is 0 Å². The Morgan fingerprint density at radius 3 is 1.56 bits per heavy atom. The summed E-state index contributed by atoms with van der Waals surface area (Å²) in [5.41, 5.74) is 0. The fraction of sp³-hybridized carbons (Fsp3) is 0.867. The van der Waals surface area contributed by atoms with E-state index in [2.05, 4.69) is 36.0 Å². The van der Waals surface area contributed by atoms with Crippen LogP contribution in [0.3, 0.4) is 0 Å². The zero-order valence-corrected chi connectivity index (χ0v) is 13.1. The van der Waals surface area contributed by atoms with Gasteiger partial charge in [-0.2, -0.15) is 0 Å². The zero-order chi connectivity index (χ0) is 12.3. The fourth-order valence-corrected chi connectivity index (χ4v) is 2.29. The first-order valence-electron chi connectivity index (χ1n) is 7.53. The van der Waals surface area contributed by atoms with Crippen LogP contribution in [0.4, 0.5) is 0 Å². The lowest BCUT2D eigenvalue weighted by atomic mass is 10.2. The molecule has 108 valence electrons. The van der Waals surface area contributed by atoms with Crippen molar-refractivity contribution in [2.75, 3.05) is 19.8 Å². The summed E-state index contributed by atoms with van der Waals surface area (Å²) in [6.07, 6.45) is 15.4. The zero-order valence-electron chi connectivity index (χ0n) is 12.2. The fourth-order valence-electron chi connectivity index (χ4n) is 2.29. The molecular formula is C15H31ClN2. The first-order valence-corrected chi connectivity index (χ1v) is 7.53. The lowest BCUT2D eigenvalue weighted by Crippen LogP contribution is -2.26. The van der Waals surface area contributed by atoms with Crippen LogP contribution in [0, 0.1) is 0 Å². The number of hydrogen-bond donors (Lipinski definition) is 0. The summed E-state index contributed by atoms with van der Waals surface area (Å²) in [5, 5.41) is 0. The predicted molar refractivity (Wildman–Crippen MR) is 83.0 cm³/mol. The van der Waals surface area contributed by atoms with Crippen molar-refractivity contribution >= 4 is 12.4 Å². The van der Waals surface area contributed by atoms with Gasteiger partial charge in [0.1, 0.15) is 0 Å². The Morgan fingerprint density at radius 2 is 1.17 bits per heavy atom. The molecule has 1 aliphatic rings. The highest BCUT2D eigenvalue weighted by Gasteiger charge is 2.10. The van der Waals surface area contributed by atoms with Crippen molar-refractivity contribution in [1.82, 2.24) is 9.80 Å². The third-order valence-corrected chi connectivity index (χ3v) is 3.45. The van der Waals surface area contributed by atoms with E-state index in [9.17, 15) is 0 Å². The molecule has 1 rings (SSSR count). The summed E-state index contributed by atoms with van der Waals surface area (Å²) in [7, 11) is 0. The summed E-state index contributed by atoms with van der Waals surface area (Å²) in [5.74, 6) is 0. The Morgan fingerprint density at radius 1 is 0.722 bits per heavy atom. The molecule has 0 aromatic carbocycles. The highest BCUT2D eigenvalue weighted by atomic mass is 35.5. The lowest BCUT2D eigenvalue weighted by Gasteiger charge is -2.21. The van der Waals surface area contributed by atoms with Crippen molar-refractivity contribution in [1.29, 1.82) is 0 Å². The predicted octanol–water partition coefficient (Wildman–Crippen LogP) is 4.62. The molecule has 0 spiro atoms. The van der Waals surface area contributed by atoms with Gasteiger partial charge < -0.3 is 9.80 Å². The molecular weight excluding hydrogens is 244 g/mol. The molecule has 0 amide bonds. The second-order valence-electron chi connectivity index (χ2n) is 5.19. The van der Waals surface area contributed by atoms with Crippen LogP contribution in [0.2, 0.25) is 0 Å². The summed E-state index contributed by atoms with van der Waals surface area (Å²) >= 11 is 0. The minimum atomic E-state index is 0. The van der Waals surface area contributed by atoms with Gasteiger partial charge in [0.25, 0.3) is 0 Å². The van der Waals surface area contributed by atoms with Crippen molar-refractivity contribution in [3.8, 4) is 0 Å². The van der Waals surface area contributed by atoms with Crippen LogP contribution in [0.5, 0.6) is 0 Å². The molecule has 0 unspecified atom stereocenters. The Bertz CT molecular complexity index is 187. The summed E-state index contributed by atoms with van der Waals surface area (Å²) in [4.78, 5) is 4.91. The molecule has 0 saturated heterocycles. The van der Waals surface area contributed by atoms with Crippen molar-refractivity contribution in [3.05, 3.63) is 12.4 Å². The maximum absolute atomic E-state index is 2.45. The second-order valence-corrected chi connectivity index (χ2v) is 5.19. The number of unbranched alkanes of at least 4 members (excludes halogenated alkanes) is 6. The molecule has 18 heavy (non-hydrogen) atoms. The highest BCUT2D eigenvalue weighted by molar-refractivity contribution is 5.85. The van der Waals surface area contributed by atoms with Crippen molar-refractivity contribution in [2.24, 2.45) is 0 Å². The molecule has 1 aliphatic heterocycles. The van der Waals surface area contributed by atoms with Gasteiger partial charge in [0, 0.05) is 25.5 Å². The van der Waals surface area contributed by atoms with Gasteiger partial charge in [0.2, 0.25) is 0 Å². The van der Waals surface area contributed by atoms with Gasteiger partial charge in [-0.15, -0.1) is 12.4 Å². The van der Waals surface area contributed by atoms with Crippen LogP contribution in [-0.4, -0.2) is 29.6 Å². The number of rotatable bonds is 10. The Kier molecular flexibility index (Phi) is 11.5. The topological polar surface area (TPSA) is 6.48 Å². The van der Waals surface area contributed by atoms with E-state index in [1.165, 1.54) is 64.5 Å². The maximum atomic E-state index is 2.45. The molecule has 2 nitrogen and oxygen atoms in total. The second kappa shape index (κ2) is 11.7. The highest BCUT2D eigenvalue weighted by Crippen LogP contribution is 2.10. The largest absolute Gasteiger partial charge is 0.359 e. The minimum absolute atomic E-state index is 0. The third kappa shape index (κ3) is 7.86. The molecule has 0 radical (unpaired) electrons. The van der Waals surface area contributed by atoms with Gasteiger partial charge in [0.05, 0.1) is 6.67 Å². The monoisotopic (exact) mass is 274 g/mol. The molecule has 0 aromatic heterocycles. The number of halogens is 1. The summed E-state index contributed by atoms with van der Waals surface area (Å²) in [6.45, 7) is 8.14. The smallest absolute Gasteiger partial charge is 0.0893 e. The minimum Gasteiger partial charge on any atom is -0.359 e. The molecule has 0 bridgehead atoms. The Balaban J connectivity index is 0.00000289. The van der Waals surface area contributed by atoms with Crippen LogP contribution in [0.15, 0.2) is 12.4 Å². The van der Waals surface area contributed by atoms with Gasteiger partial charge in [-0.05, 0) is 12.8 Å². The molecule has 0 N–H and O–H groups in total. The van der Waals surface area contributed by atoms with E-state index >= 15 is 0 Å². The first-order chi connectivity index (χ1) is 8.36. The molecule has 0 atom stereocenters. The van der Waals surface area contributed by atoms with Crippen LogP contribution in [0.25, 0.3) is 0 Å². The van der Waals surface area contributed by atoms with Gasteiger partial charge in [-0.25, -0.2) is 0 Å². The Labute approximate surface area is 120 Å². The molecule has 0 saturated carbocycles. The van der Waals surface area contributed by atoms with E-state index < -0.39 is 0 Å². The van der Waals surface area contributed by atoms with Crippen molar-refractivity contribution < 1.29 is 0 Å². The average Bonchev–Trinajstić information content (AvgIpc) is 2.78. The quantitative estimate of drug-likeness (QED) is 0.537. The standard InChI is InChI=1S/C15H30N2.ClH/c1-3-5-7-9-11-16-13-14-17(15-16)12-10-8-6-4-2;/h13-14H,3-12,15H2,1-2H3;1H. The van der Waals surface area contributed by atoms with Gasteiger partial charge >= 0.3 is 0 Å². The van der Waals surface area contributed by atoms with Gasteiger partial charge in [0.15, 0.2) is 0 Å². The van der Waals surface area contributed by atoms with E-state index in [1.807, 2.05) is 0 Å². The number of nitrogens with zero attached hydrogens (tertiary/aromatic N) is 2. The third-order valence-electron chi connectivity index (χ3n) is 3.45.